The van der Waals surface area contributed by atoms with Crippen molar-refractivity contribution in [3.05, 3.63) is 97.2 Å². The van der Waals surface area contributed by atoms with Crippen molar-refractivity contribution in [1.82, 2.24) is 0 Å². The molecule has 3 N–H and O–H groups in total. The zero-order chi connectivity index (χ0) is 58.9. The Kier molecular flexibility index (Phi) is 51.7. The minimum absolute atomic E-state index is 0.0474. The zero-order valence-electron chi connectivity index (χ0n) is 51.0. The number of hydrogen-bond acceptors (Lipinski definition) is 11. The Morgan fingerprint density at radius 3 is 1.25 bits per heavy atom. The molecule has 6 unspecified atom stereocenters. The zero-order valence-corrected chi connectivity index (χ0v) is 51.0. The van der Waals surface area contributed by atoms with E-state index < -0.39 is 67.3 Å². The summed E-state index contributed by atoms with van der Waals surface area (Å²) in [6.07, 6.45) is 62.4. The predicted octanol–water partition coefficient (Wildman–Crippen LogP) is 17.2. The lowest BCUT2D eigenvalue weighted by Crippen LogP contribution is -2.61. The lowest BCUT2D eigenvalue weighted by molar-refractivity contribution is -0.301. The largest absolute Gasteiger partial charge is 0.479 e. The van der Waals surface area contributed by atoms with Crippen LogP contribution in [0.2, 0.25) is 0 Å². The number of ether oxygens (including phenoxy) is 5. The summed E-state index contributed by atoms with van der Waals surface area (Å²) in [6, 6.07) is 0. The molecule has 0 amide bonds. The molecule has 0 saturated carbocycles. The number of allylic oxidation sites excluding steroid dienone is 16. The van der Waals surface area contributed by atoms with Crippen molar-refractivity contribution in [3.63, 3.8) is 0 Å². The highest BCUT2D eigenvalue weighted by molar-refractivity contribution is 5.74. The van der Waals surface area contributed by atoms with Crippen LogP contribution in [0.1, 0.15) is 265 Å². The van der Waals surface area contributed by atoms with Crippen molar-refractivity contribution in [3.8, 4) is 0 Å². The molecule has 1 rings (SSSR count). The van der Waals surface area contributed by atoms with Crippen molar-refractivity contribution in [2.45, 2.75) is 302 Å². The van der Waals surface area contributed by atoms with Gasteiger partial charge in [-0.15, -0.1) is 0 Å². The molecular weight excluding hydrogens is 1020 g/mol. The maximum absolute atomic E-state index is 13.2. The van der Waals surface area contributed by atoms with Crippen LogP contribution in [0.4, 0.5) is 0 Å². The van der Waals surface area contributed by atoms with Crippen LogP contribution in [-0.2, 0) is 42.9 Å². The summed E-state index contributed by atoms with van der Waals surface area (Å²) < 4.78 is 28.4. The number of carboxylic acid groups (broad SMARTS) is 1. The number of esters is 3. The van der Waals surface area contributed by atoms with Gasteiger partial charge in [0.15, 0.2) is 24.6 Å². The van der Waals surface area contributed by atoms with E-state index in [1.165, 1.54) is 96.3 Å². The summed E-state index contributed by atoms with van der Waals surface area (Å²) in [6.45, 7) is 5.80. The van der Waals surface area contributed by atoms with Crippen molar-refractivity contribution < 1.29 is 58.2 Å². The Morgan fingerprint density at radius 1 is 0.420 bits per heavy atom. The number of unbranched alkanes of at least 4 members (excludes halogenated alkanes) is 24. The number of aliphatic carboxylic acids is 1. The van der Waals surface area contributed by atoms with E-state index in [9.17, 15) is 34.5 Å². The molecule has 1 saturated heterocycles. The van der Waals surface area contributed by atoms with Crippen LogP contribution in [0.25, 0.3) is 0 Å². The van der Waals surface area contributed by atoms with Crippen molar-refractivity contribution in [1.29, 1.82) is 0 Å². The first-order valence-corrected chi connectivity index (χ1v) is 32.2. The second kappa shape index (κ2) is 56.1. The summed E-state index contributed by atoms with van der Waals surface area (Å²) in [5, 5.41) is 31.6. The second-order valence-electron chi connectivity index (χ2n) is 21.7. The van der Waals surface area contributed by atoms with Crippen molar-refractivity contribution >= 4 is 23.9 Å². The Labute approximate surface area is 492 Å². The minimum Gasteiger partial charge on any atom is -0.479 e. The fourth-order valence-electron chi connectivity index (χ4n) is 9.21. The normalized spacial score (nSPS) is 18.4. The first-order chi connectivity index (χ1) is 39.6. The average molecular weight is 1140 g/mol. The van der Waals surface area contributed by atoms with E-state index in [4.69, 9.17) is 23.7 Å². The molecule has 0 bridgehead atoms. The van der Waals surface area contributed by atoms with Gasteiger partial charge in [-0.25, -0.2) is 4.79 Å². The molecule has 462 valence electrons. The molecular formula is C69H114O12. The van der Waals surface area contributed by atoms with E-state index >= 15 is 0 Å². The van der Waals surface area contributed by atoms with Crippen molar-refractivity contribution in [2.75, 3.05) is 13.2 Å². The van der Waals surface area contributed by atoms with Gasteiger partial charge in [-0.2, -0.15) is 0 Å². The lowest BCUT2D eigenvalue weighted by Gasteiger charge is -2.40. The van der Waals surface area contributed by atoms with Crippen LogP contribution < -0.4 is 0 Å². The van der Waals surface area contributed by atoms with Crippen LogP contribution in [0.5, 0.6) is 0 Å². The van der Waals surface area contributed by atoms with E-state index in [1.54, 1.807) is 0 Å². The highest BCUT2D eigenvalue weighted by atomic mass is 16.7. The van der Waals surface area contributed by atoms with Gasteiger partial charge in [0.2, 0.25) is 0 Å². The third-order valence-electron chi connectivity index (χ3n) is 14.1. The van der Waals surface area contributed by atoms with E-state index in [-0.39, 0.29) is 25.9 Å². The van der Waals surface area contributed by atoms with Gasteiger partial charge in [0, 0.05) is 19.3 Å². The van der Waals surface area contributed by atoms with E-state index in [1.807, 2.05) is 12.2 Å². The molecule has 1 heterocycles. The average Bonchev–Trinajstić information content (AvgIpc) is 3.45. The van der Waals surface area contributed by atoms with E-state index in [0.29, 0.717) is 19.3 Å². The topological polar surface area (TPSA) is 175 Å². The quantitative estimate of drug-likeness (QED) is 0.0228. The van der Waals surface area contributed by atoms with E-state index in [0.717, 1.165) is 109 Å². The Morgan fingerprint density at radius 2 is 0.802 bits per heavy atom. The number of carbonyl (C=O) groups is 4. The third-order valence-corrected chi connectivity index (χ3v) is 14.1. The fraction of sp³-hybridized carbons (Fsp3) is 0.710. The molecule has 1 fully saturated rings. The SMILES string of the molecule is CC/C=C\C/C=C\C/C=C\C/C=C\C/C=C\C/C=C\CCC(=O)OCC(COC1OC(C(=O)O)C(O)C(O)C1OC(=O)CCCCCCCCCCC/C=C\CCCCCCCC)OC(=O)CCCCCCC/C=C\CCCCCC. The molecule has 1 aliphatic rings. The summed E-state index contributed by atoms with van der Waals surface area (Å²) in [5.74, 6) is -3.24. The summed E-state index contributed by atoms with van der Waals surface area (Å²) >= 11 is 0. The van der Waals surface area contributed by atoms with Crippen LogP contribution in [0.15, 0.2) is 97.2 Å². The number of aliphatic hydroxyl groups excluding tert-OH is 2. The Balaban J connectivity index is 2.69. The summed E-state index contributed by atoms with van der Waals surface area (Å²) in [5.41, 5.74) is 0. The number of carbonyl (C=O) groups excluding carboxylic acids is 3. The molecule has 0 aliphatic carbocycles. The van der Waals surface area contributed by atoms with Crippen LogP contribution in [0, 0.1) is 0 Å². The standard InChI is InChI=1S/C69H114O12/c1-4-7-10-13-16-19-22-25-27-29-31-33-35-38-40-43-46-49-52-55-61(70)77-58-60(79-62(71)56-53-50-47-44-41-37-24-21-18-15-12-9-6-3)59-78-69-67(65(74)64(73)66(81-69)68(75)76)80-63(72)57-54-51-48-45-42-39-36-34-32-30-28-26-23-20-17-14-11-8-5-2/h7,10,16,19,21,24-28,31,33,38,40,46,49,60,64-67,69,73-74H,4-6,8-9,11-15,17-18,20,22-23,29-30,32,34-37,39,41-45,47-48,50-59H2,1-3H3,(H,75,76)/b10-7-,19-16-,24-21-,27-25-,28-26-,33-31-,40-38-,49-46-. The highest BCUT2D eigenvalue weighted by Gasteiger charge is 2.50. The van der Waals surface area contributed by atoms with Gasteiger partial charge in [0.25, 0.3) is 0 Å². The van der Waals surface area contributed by atoms with Crippen LogP contribution >= 0.6 is 0 Å². The van der Waals surface area contributed by atoms with Gasteiger partial charge >= 0.3 is 23.9 Å². The van der Waals surface area contributed by atoms with Gasteiger partial charge < -0.3 is 39.0 Å². The molecule has 0 aromatic heterocycles. The highest BCUT2D eigenvalue weighted by Crippen LogP contribution is 2.26. The molecule has 6 atom stereocenters. The van der Waals surface area contributed by atoms with Gasteiger partial charge in [0.05, 0.1) is 6.61 Å². The van der Waals surface area contributed by atoms with Gasteiger partial charge in [0.1, 0.15) is 18.8 Å². The maximum atomic E-state index is 13.2. The predicted molar refractivity (Wildman–Crippen MR) is 331 cm³/mol. The first-order valence-electron chi connectivity index (χ1n) is 32.2. The minimum atomic E-state index is -1.92. The number of hydrogen-bond donors (Lipinski definition) is 3. The first kappa shape index (κ1) is 74.7. The maximum Gasteiger partial charge on any atom is 0.335 e. The Hall–Kier alpha value is -4.36. The monoisotopic (exact) mass is 1130 g/mol. The number of aliphatic hydroxyl groups is 2. The van der Waals surface area contributed by atoms with Crippen LogP contribution in [0.3, 0.4) is 0 Å². The van der Waals surface area contributed by atoms with Gasteiger partial charge in [-0.1, -0.05) is 234 Å². The number of rotatable bonds is 54. The molecule has 0 radical (unpaired) electrons. The smallest absolute Gasteiger partial charge is 0.335 e. The molecule has 0 aromatic rings. The van der Waals surface area contributed by atoms with Gasteiger partial charge in [-0.3, -0.25) is 14.4 Å². The molecule has 81 heavy (non-hydrogen) atoms. The summed E-state index contributed by atoms with van der Waals surface area (Å²) in [7, 11) is 0. The fourth-order valence-corrected chi connectivity index (χ4v) is 9.21. The molecule has 1 aliphatic heterocycles. The lowest BCUT2D eigenvalue weighted by atomic mass is 9.98. The number of carboxylic acids is 1. The van der Waals surface area contributed by atoms with Crippen molar-refractivity contribution in [2.24, 2.45) is 0 Å². The third kappa shape index (κ3) is 45.8. The van der Waals surface area contributed by atoms with E-state index in [2.05, 4.69) is 106 Å². The molecule has 12 heteroatoms. The van der Waals surface area contributed by atoms with Gasteiger partial charge in [-0.05, 0) is 109 Å². The molecule has 12 nitrogen and oxygen atoms in total. The second-order valence-corrected chi connectivity index (χ2v) is 21.7. The molecule has 0 spiro atoms. The Bertz CT molecular complexity index is 1780. The summed E-state index contributed by atoms with van der Waals surface area (Å²) in [4.78, 5) is 51.2. The molecule has 0 aromatic carbocycles. The van der Waals surface area contributed by atoms with Crippen LogP contribution in [-0.4, -0.2) is 89.2 Å².